The van der Waals surface area contributed by atoms with Crippen molar-refractivity contribution < 1.29 is 4.42 Å². The molecule has 0 fully saturated rings. The van der Waals surface area contributed by atoms with Crippen LogP contribution in [0.15, 0.2) is 180 Å². The van der Waals surface area contributed by atoms with E-state index in [1.165, 1.54) is 47.6 Å². The highest BCUT2D eigenvalue weighted by Crippen LogP contribution is 2.43. The second kappa shape index (κ2) is 11.2. The average Bonchev–Trinajstić information content (AvgIpc) is 3.73. The van der Waals surface area contributed by atoms with Crippen LogP contribution in [0.3, 0.4) is 0 Å². The fraction of sp³-hybridized carbons (Fsp3) is 0. The number of rotatable bonds is 5. The minimum atomic E-state index is 0.908. The maximum Gasteiger partial charge on any atom is 0.136 e. The van der Waals surface area contributed by atoms with Gasteiger partial charge in [-0.15, -0.1) is 11.3 Å². The smallest absolute Gasteiger partial charge is 0.136 e. The summed E-state index contributed by atoms with van der Waals surface area (Å²) in [7, 11) is 0. The molecule has 3 heteroatoms. The van der Waals surface area contributed by atoms with Crippen LogP contribution in [0.5, 0.6) is 0 Å². The van der Waals surface area contributed by atoms with E-state index >= 15 is 0 Å². The lowest BCUT2D eigenvalue weighted by molar-refractivity contribution is 0.669. The molecule has 2 heterocycles. The topological polar surface area (TPSA) is 16.4 Å². The van der Waals surface area contributed by atoms with E-state index in [4.69, 9.17) is 4.42 Å². The highest BCUT2D eigenvalue weighted by atomic mass is 32.1. The van der Waals surface area contributed by atoms with Gasteiger partial charge in [0.25, 0.3) is 0 Å². The molecule has 8 aromatic carbocycles. The van der Waals surface area contributed by atoms with Gasteiger partial charge >= 0.3 is 0 Å². The van der Waals surface area contributed by atoms with Crippen molar-refractivity contribution in [3.63, 3.8) is 0 Å². The molecule has 0 saturated carbocycles. The van der Waals surface area contributed by atoms with Crippen LogP contribution < -0.4 is 4.90 Å². The minimum Gasteiger partial charge on any atom is -0.456 e. The summed E-state index contributed by atoms with van der Waals surface area (Å²) in [5.74, 6) is 0. The first-order valence-corrected chi connectivity index (χ1v) is 17.4. The van der Waals surface area contributed by atoms with Crippen molar-refractivity contribution in [1.82, 2.24) is 0 Å². The summed E-state index contributed by atoms with van der Waals surface area (Å²) in [6.07, 6.45) is 0. The van der Waals surface area contributed by atoms with E-state index in [1.807, 2.05) is 23.5 Å². The third-order valence-corrected chi connectivity index (χ3v) is 10.8. The maximum atomic E-state index is 6.22. The fourth-order valence-electron chi connectivity index (χ4n) is 7.40. The summed E-state index contributed by atoms with van der Waals surface area (Å²) in [6.45, 7) is 0. The van der Waals surface area contributed by atoms with Gasteiger partial charge in [-0.3, -0.25) is 0 Å². The summed E-state index contributed by atoms with van der Waals surface area (Å²) in [6, 6.07) is 63.3. The van der Waals surface area contributed by atoms with Crippen molar-refractivity contribution in [2.24, 2.45) is 0 Å². The van der Waals surface area contributed by atoms with Gasteiger partial charge in [-0.1, -0.05) is 115 Å². The Bertz CT molecular complexity index is 2840. The van der Waals surface area contributed by atoms with Crippen LogP contribution in [0.25, 0.3) is 75.1 Å². The standard InChI is InChI=1S/C46H29NOS/c1-2-14-36-30(10-1)11-8-17-37(36)32-12-7-13-34(28-32)47(35-26-27-45-41(29-35)39-15-4-6-21-44(39)49-45)33-24-22-31(23-25-33)38-18-9-20-43-46(38)40-16-3-5-19-42(40)48-43/h1-29H. The Hall–Kier alpha value is -6.16. The predicted octanol–water partition coefficient (Wildman–Crippen LogP) is 13.9. The number of nitrogens with zero attached hydrogens (tertiary/aromatic N) is 1. The molecule has 0 aliphatic heterocycles. The molecule has 0 bridgehead atoms. The van der Waals surface area contributed by atoms with Crippen molar-refractivity contribution >= 4 is 81.3 Å². The second-order valence-corrected chi connectivity index (χ2v) is 13.6. The number of fused-ring (bicyclic) bond motifs is 7. The lowest BCUT2D eigenvalue weighted by Gasteiger charge is -2.26. The quantitative estimate of drug-likeness (QED) is 0.186. The van der Waals surface area contributed by atoms with Crippen LogP contribution in [0.1, 0.15) is 0 Å². The number of hydrogen-bond acceptors (Lipinski definition) is 3. The predicted molar refractivity (Wildman–Crippen MR) is 210 cm³/mol. The summed E-state index contributed by atoms with van der Waals surface area (Å²) in [5.41, 5.74) is 9.91. The molecule has 49 heavy (non-hydrogen) atoms. The van der Waals surface area contributed by atoms with E-state index in [9.17, 15) is 0 Å². The van der Waals surface area contributed by atoms with Crippen LogP contribution in [0.2, 0.25) is 0 Å². The summed E-state index contributed by atoms with van der Waals surface area (Å²) >= 11 is 1.85. The number of anilines is 3. The van der Waals surface area contributed by atoms with Crippen molar-refractivity contribution in [1.29, 1.82) is 0 Å². The van der Waals surface area contributed by atoms with E-state index in [1.54, 1.807) is 0 Å². The van der Waals surface area contributed by atoms with E-state index in [0.29, 0.717) is 0 Å². The first-order chi connectivity index (χ1) is 24.3. The van der Waals surface area contributed by atoms with Crippen LogP contribution in [-0.2, 0) is 0 Å². The van der Waals surface area contributed by atoms with Gasteiger partial charge < -0.3 is 9.32 Å². The monoisotopic (exact) mass is 643 g/mol. The van der Waals surface area contributed by atoms with Crippen molar-refractivity contribution in [2.45, 2.75) is 0 Å². The number of furan rings is 1. The highest BCUT2D eigenvalue weighted by molar-refractivity contribution is 7.25. The first-order valence-electron chi connectivity index (χ1n) is 16.6. The van der Waals surface area contributed by atoms with E-state index in [2.05, 4.69) is 169 Å². The first kappa shape index (κ1) is 27.9. The Labute approximate surface area is 287 Å². The maximum absolute atomic E-state index is 6.22. The lowest BCUT2D eigenvalue weighted by Crippen LogP contribution is -2.10. The van der Waals surface area contributed by atoms with Crippen molar-refractivity contribution in [3.05, 3.63) is 176 Å². The zero-order valence-corrected chi connectivity index (χ0v) is 27.3. The molecule has 0 aliphatic rings. The molecule has 0 spiro atoms. The molecule has 0 unspecified atom stereocenters. The lowest BCUT2D eigenvalue weighted by atomic mass is 9.97. The average molecular weight is 644 g/mol. The molecule has 0 aliphatic carbocycles. The van der Waals surface area contributed by atoms with Gasteiger partial charge in [0.15, 0.2) is 0 Å². The zero-order valence-electron chi connectivity index (χ0n) is 26.5. The third-order valence-electron chi connectivity index (χ3n) is 9.66. The molecule has 0 amide bonds. The molecule has 0 radical (unpaired) electrons. The van der Waals surface area contributed by atoms with Crippen molar-refractivity contribution in [2.75, 3.05) is 4.90 Å². The van der Waals surface area contributed by atoms with Crippen LogP contribution >= 0.6 is 11.3 Å². The highest BCUT2D eigenvalue weighted by Gasteiger charge is 2.18. The van der Waals surface area contributed by atoms with Gasteiger partial charge in [0.1, 0.15) is 11.2 Å². The third kappa shape index (κ3) is 4.62. The second-order valence-electron chi connectivity index (χ2n) is 12.5. The normalized spacial score (nSPS) is 11.7. The Kier molecular flexibility index (Phi) is 6.39. The molecule has 230 valence electrons. The van der Waals surface area contributed by atoms with Crippen LogP contribution in [0.4, 0.5) is 17.1 Å². The molecular formula is C46H29NOS. The van der Waals surface area contributed by atoms with Crippen molar-refractivity contribution in [3.8, 4) is 22.3 Å². The van der Waals surface area contributed by atoms with Gasteiger partial charge in [0.2, 0.25) is 0 Å². The van der Waals surface area contributed by atoms with E-state index < -0.39 is 0 Å². The summed E-state index contributed by atoms with van der Waals surface area (Å²) < 4.78 is 8.82. The number of benzene rings is 8. The van der Waals surface area contributed by atoms with E-state index in [-0.39, 0.29) is 0 Å². The molecule has 0 N–H and O–H groups in total. The molecule has 10 aromatic rings. The number of thiophene rings is 1. The Morgan fingerprint density at radius 2 is 1.04 bits per heavy atom. The molecule has 2 nitrogen and oxygen atoms in total. The van der Waals surface area contributed by atoms with Gasteiger partial charge in [-0.05, 0) is 93.7 Å². The van der Waals surface area contributed by atoms with Gasteiger partial charge in [0, 0.05) is 48.0 Å². The van der Waals surface area contributed by atoms with Gasteiger partial charge in [0.05, 0.1) is 0 Å². The minimum absolute atomic E-state index is 0.908. The zero-order chi connectivity index (χ0) is 32.3. The Morgan fingerprint density at radius 1 is 0.388 bits per heavy atom. The Morgan fingerprint density at radius 3 is 1.96 bits per heavy atom. The summed E-state index contributed by atoms with van der Waals surface area (Å²) in [4.78, 5) is 2.39. The summed E-state index contributed by atoms with van der Waals surface area (Å²) in [5, 5.41) is 7.37. The molecular weight excluding hydrogens is 615 g/mol. The van der Waals surface area contributed by atoms with E-state index in [0.717, 1.165) is 44.6 Å². The molecule has 0 atom stereocenters. The molecule has 0 saturated heterocycles. The number of para-hydroxylation sites is 1. The van der Waals surface area contributed by atoms with Gasteiger partial charge in [-0.25, -0.2) is 0 Å². The van der Waals surface area contributed by atoms with Crippen LogP contribution in [0, 0.1) is 0 Å². The SMILES string of the molecule is c1cc(-c2cccc3ccccc23)cc(N(c2ccc(-c3cccc4oc5ccccc5c34)cc2)c2ccc3sc4ccccc4c3c2)c1. The van der Waals surface area contributed by atoms with Crippen LogP contribution in [-0.4, -0.2) is 0 Å². The fourth-order valence-corrected chi connectivity index (χ4v) is 8.48. The largest absolute Gasteiger partial charge is 0.456 e. The Balaban J connectivity index is 1.14. The molecule has 10 rings (SSSR count). The van der Waals surface area contributed by atoms with Gasteiger partial charge in [-0.2, -0.15) is 0 Å². The number of hydrogen-bond donors (Lipinski definition) is 0. The molecule has 2 aromatic heterocycles.